The molecule has 0 saturated carbocycles. The van der Waals surface area contributed by atoms with Crippen molar-refractivity contribution < 1.29 is 9.59 Å². The molecule has 1 heterocycles. The third-order valence-electron chi connectivity index (χ3n) is 4.03. The highest BCUT2D eigenvalue weighted by Gasteiger charge is 2.17. The molecule has 5 nitrogen and oxygen atoms in total. The first-order valence-corrected chi connectivity index (χ1v) is 9.58. The van der Waals surface area contributed by atoms with Crippen LogP contribution in [-0.4, -0.2) is 16.8 Å². The van der Waals surface area contributed by atoms with Crippen molar-refractivity contribution in [2.75, 3.05) is 0 Å². The predicted octanol–water partition coefficient (Wildman–Crippen LogP) is 3.69. The molecule has 0 spiro atoms. The van der Waals surface area contributed by atoms with Crippen molar-refractivity contribution in [3.05, 3.63) is 76.6 Å². The zero-order chi connectivity index (χ0) is 19.1. The van der Waals surface area contributed by atoms with Gasteiger partial charge in [0.05, 0.1) is 24.7 Å². The lowest BCUT2D eigenvalue weighted by atomic mass is 10.0. The Morgan fingerprint density at radius 3 is 2.37 bits per heavy atom. The number of hydrogen-bond donors (Lipinski definition) is 2. The first kappa shape index (κ1) is 18.8. The summed E-state index contributed by atoms with van der Waals surface area (Å²) in [5, 5.41) is 8.57. The van der Waals surface area contributed by atoms with Crippen molar-refractivity contribution in [1.29, 1.82) is 0 Å². The van der Waals surface area contributed by atoms with E-state index in [4.69, 9.17) is 0 Å². The Balaban J connectivity index is 1.58. The van der Waals surface area contributed by atoms with Gasteiger partial charge in [0.25, 0.3) is 0 Å². The molecule has 3 aromatic rings. The standard InChI is InChI=1S/C21H21N3O2S/c1-15(25)23-18(16-8-4-2-5-9-16)12-20(26)22-13-21-24-19(14-27-21)17-10-6-3-7-11-17/h2-11,14,18H,12-13H2,1H3,(H,22,26)(H,23,25). The lowest BCUT2D eigenvalue weighted by Crippen LogP contribution is -2.32. The number of benzene rings is 2. The summed E-state index contributed by atoms with van der Waals surface area (Å²) in [6.45, 7) is 1.83. The second-order valence-electron chi connectivity index (χ2n) is 6.14. The third-order valence-corrected chi connectivity index (χ3v) is 4.88. The molecule has 0 fully saturated rings. The van der Waals surface area contributed by atoms with Crippen LogP contribution < -0.4 is 10.6 Å². The topological polar surface area (TPSA) is 71.1 Å². The van der Waals surface area contributed by atoms with Gasteiger partial charge in [-0.25, -0.2) is 4.98 Å². The van der Waals surface area contributed by atoms with Gasteiger partial charge in [-0.05, 0) is 5.56 Å². The lowest BCUT2D eigenvalue weighted by Gasteiger charge is -2.17. The molecule has 6 heteroatoms. The average Bonchev–Trinajstić information content (AvgIpc) is 3.16. The van der Waals surface area contributed by atoms with Gasteiger partial charge in [-0.15, -0.1) is 11.3 Å². The maximum atomic E-state index is 12.4. The lowest BCUT2D eigenvalue weighted by molar-refractivity contribution is -0.122. The highest BCUT2D eigenvalue weighted by molar-refractivity contribution is 7.09. The van der Waals surface area contributed by atoms with Crippen LogP contribution in [-0.2, 0) is 16.1 Å². The summed E-state index contributed by atoms with van der Waals surface area (Å²) in [4.78, 5) is 28.4. The number of nitrogens with one attached hydrogen (secondary N) is 2. The Kier molecular flexibility index (Phi) is 6.33. The fraction of sp³-hybridized carbons (Fsp3) is 0.190. The van der Waals surface area contributed by atoms with Gasteiger partial charge < -0.3 is 10.6 Å². The summed E-state index contributed by atoms with van der Waals surface area (Å²) < 4.78 is 0. The minimum atomic E-state index is -0.347. The molecule has 2 amide bonds. The fourth-order valence-corrected chi connectivity index (χ4v) is 3.49. The molecule has 0 bridgehead atoms. The number of thiazole rings is 1. The van der Waals surface area contributed by atoms with Gasteiger partial charge >= 0.3 is 0 Å². The first-order chi connectivity index (χ1) is 13.1. The SMILES string of the molecule is CC(=O)NC(CC(=O)NCc1nc(-c2ccccc2)cs1)c1ccccc1. The number of rotatable bonds is 7. The van der Waals surface area contributed by atoms with E-state index in [1.165, 1.54) is 18.3 Å². The quantitative estimate of drug-likeness (QED) is 0.658. The van der Waals surface area contributed by atoms with Gasteiger partial charge in [0, 0.05) is 17.9 Å². The zero-order valence-corrected chi connectivity index (χ0v) is 15.8. The van der Waals surface area contributed by atoms with Crippen molar-refractivity contribution in [2.45, 2.75) is 25.9 Å². The van der Waals surface area contributed by atoms with Gasteiger partial charge in [-0.1, -0.05) is 60.7 Å². The number of amides is 2. The smallest absolute Gasteiger partial charge is 0.222 e. The summed E-state index contributed by atoms with van der Waals surface area (Å²) in [5.41, 5.74) is 2.87. The van der Waals surface area contributed by atoms with Crippen LogP contribution in [0.4, 0.5) is 0 Å². The Morgan fingerprint density at radius 2 is 1.70 bits per heavy atom. The summed E-state index contributed by atoms with van der Waals surface area (Å²) in [6, 6.07) is 19.1. The van der Waals surface area contributed by atoms with Crippen LogP contribution in [0, 0.1) is 0 Å². The molecule has 1 atom stereocenters. The van der Waals surface area contributed by atoms with E-state index in [0.717, 1.165) is 21.8 Å². The van der Waals surface area contributed by atoms with Crippen LogP contribution in [0.2, 0.25) is 0 Å². The van der Waals surface area contributed by atoms with E-state index >= 15 is 0 Å². The van der Waals surface area contributed by atoms with Gasteiger partial charge in [0.15, 0.2) is 0 Å². The second kappa shape index (κ2) is 9.09. The molecular weight excluding hydrogens is 358 g/mol. The predicted molar refractivity (Wildman–Crippen MR) is 107 cm³/mol. The summed E-state index contributed by atoms with van der Waals surface area (Å²) >= 11 is 1.52. The number of aromatic nitrogens is 1. The van der Waals surface area contributed by atoms with Crippen LogP contribution in [0.1, 0.15) is 30.0 Å². The number of carbonyl (C=O) groups is 2. The molecule has 0 saturated heterocycles. The van der Waals surface area contributed by atoms with E-state index in [9.17, 15) is 9.59 Å². The Bertz CT molecular complexity index is 894. The number of carbonyl (C=O) groups excluding carboxylic acids is 2. The second-order valence-corrected chi connectivity index (χ2v) is 7.08. The molecule has 1 unspecified atom stereocenters. The molecule has 138 valence electrons. The van der Waals surface area contributed by atoms with Crippen molar-refractivity contribution >= 4 is 23.2 Å². The molecule has 0 aliphatic rings. The van der Waals surface area contributed by atoms with Crippen LogP contribution in [0.25, 0.3) is 11.3 Å². The Hall–Kier alpha value is -2.99. The fourth-order valence-electron chi connectivity index (χ4n) is 2.75. The molecule has 27 heavy (non-hydrogen) atoms. The first-order valence-electron chi connectivity index (χ1n) is 8.70. The van der Waals surface area contributed by atoms with Crippen LogP contribution in [0.15, 0.2) is 66.0 Å². The molecular formula is C21H21N3O2S. The van der Waals surface area contributed by atoms with Gasteiger partial charge in [-0.3, -0.25) is 9.59 Å². The largest absolute Gasteiger partial charge is 0.350 e. The van der Waals surface area contributed by atoms with E-state index in [1.807, 2.05) is 66.0 Å². The molecule has 3 rings (SSSR count). The van der Waals surface area contributed by atoms with E-state index in [0.29, 0.717) is 6.54 Å². The maximum Gasteiger partial charge on any atom is 0.222 e. The van der Waals surface area contributed by atoms with Gasteiger partial charge in [0.1, 0.15) is 5.01 Å². The number of nitrogens with zero attached hydrogens (tertiary/aromatic N) is 1. The maximum absolute atomic E-state index is 12.4. The van der Waals surface area contributed by atoms with Crippen LogP contribution in [0.3, 0.4) is 0 Å². The molecule has 0 aliphatic carbocycles. The molecule has 0 radical (unpaired) electrons. The minimum absolute atomic E-state index is 0.130. The van der Waals surface area contributed by atoms with E-state index in [2.05, 4.69) is 15.6 Å². The van der Waals surface area contributed by atoms with Gasteiger partial charge in [-0.2, -0.15) is 0 Å². The highest BCUT2D eigenvalue weighted by Crippen LogP contribution is 2.21. The van der Waals surface area contributed by atoms with E-state index in [-0.39, 0.29) is 24.3 Å². The van der Waals surface area contributed by atoms with Gasteiger partial charge in [0.2, 0.25) is 11.8 Å². The normalized spacial score (nSPS) is 11.6. The summed E-state index contributed by atoms with van der Waals surface area (Å²) in [6.07, 6.45) is 0.181. The molecule has 1 aromatic heterocycles. The third kappa shape index (κ3) is 5.49. The van der Waals surface area contributed by atoms with E-state index in [1.54, 1.807) is 0 Å². The van der Waals surface area contributed by atoms with Crippen molar-refractivity contribution in [2.24, 2.45) is 0 Å². The highest BCUT2D eigenvalue weighted by atomic mass is 32.1. The van der Waals surface area contributed by atoms with Crippen molar-refractivity contribution in [3.8, 4) is 11.3 Å². The van der Waals surface area contributed by atoms with Crippen LogP contribution in [0.5, 0.6) is 0 Å². The number of hydrogen-bond acceptors (Lipinski definition) is 4. The zero-order valence-electron chi connectivity index (χ0n) is 15.0. The minimum Gasteiger partial charge on any atom is -0.350 e. The summed E-state index contributed by atoms with van der Waals surface area (Å²) in [7, 11) is 0. The molecule has 2 aromatic carbocycles. The monoisotopic (exact) mass is 379 g/mol. The summed E-state index contributed by atoms with van der Waals surface area (Å²) in [5.74, 6) is -0.293. The van der Waals surface area contributed by atoms with Crippen LogP contribution >= 0.6 is 11.3 Å². The molecule has 0 aliphatic heterocycles. The van der Waals surface area contributed by atoms with Crippen molar-refractivity contribution in [3.63, 3.8) is 0 Å². The Morgan fingerprint density at radius 1 is 1.04 bits per heavy atom. The Labute approximate surface area is 162 Å². The average molecular weight is 379 g/mol. The van der Waals surface area contributed by atoms with Crippen molar-refractivity contribution in [1.82, 2.24) is 15.6 Å². The molecule has 2 N–H and O–H groups in total. The van der Waals surface area contributed by atoms with E-state index < -0.39 is 0 Å².